The van der Waals surface area contributed by atoms with Crippen LogP contribution in [0.4, 0.5) is 10.1 Å². The van der Waals surface area contributed by atoms with Crippen molar-refractivity contribution in [3.05, 3.63) is 29.0 Å². The Morgan fingerprint density at radius 1 is 1.46 bits per heavy atom. The van der Waals surface area contributed by atoms with Gasteiger partial charge in [0.2, 0.25) is 5.91 Å². The van der Waals surface area contributed by atoms with Crippen LogP contribution in [0, 0.1) is 5.82 Å². The Balaban J connectivity index is 1.51. The molecule has 132 valence electrons. The van der Waals surface area contributed by atoms with Crippen molar-refractivity contribution in [3.63, 3.8) is 0 Å². The molecule has 2 heterocycles. The molecule has 3 rings (SSSR count). The molecule has 1 aromatic carbocycles. The largest absolute Gasteiger partial charge is 0.390 e. The molecule has 0 aliphatic carbocycles. The minimum atomic E-state index is -0.549. The van der Waals surface area contributed by atoms with Crippen LogP contribution in [0.3, 0.4) is 0 Å². The zero-order chi connectivity index (χ0) is 17.2. The van der Waals surface area contributed by atoms with Gasteiger partial charge < -0.3 is 15.2 Å². The van der Waals surface area contributed by atoms with E-state index in [9.17, 15) is 14.3 Å². The lowest BCUT2D eigenvalue weighted by Crippen LogP contribution is -2.55. The molecule has 7 heteroatoms. The smallest absolute Gasteiger partial charge is 0.238 e. The highest BCUT2D eigenvalue weighted by Gasteiger charge is 2.43. The van der Waals surface area contributed by atoms with E-state index >= 15 is 0 Å². The molecule has 1 unspecified atom stereocenters. The van der Waals surface area contributed by atoms with Gasteiger partial charge in [0.1, 0.15) is 5.82 Å². The lowest BCUT2D eigenvalue weighted by Gasteiger charge is -2.46. The van der Waals surface area contributed by atoms with Gasteiger partial charge in [-0.15, -0.1) is 0 Å². The number of rotatable bonds is 3. The summed E-state index contributed by atoms with van der Waals surface area (Å²) in [5.74, 6) is -0.815. The van der Waals surface area contributed by atoms with Gasteiger partial charge in [0.15, 0.2) is 0 Å². The number of anilines is 1. The Kier molecular flexibility index (Phi) is 5.39. The van der Waals surface area contributed by atoms with Crippen LogP contribution in [0.2, 0.25) is 5.02 Å². The van der Waals surface area contributed by atoms with Crippen molar-refractivity contribution in [3.8, 4) is 0 Å². The molecule has 2 fully saturated rings. The van der Waals surface area contributed by atoms with Crippen molar-refractivity contribution in [1.82, 2.24) is 4.90 Å². The number of hydrogen-bond acceptors (Lipinski definition) is 4. The van der Waals surface area contributed by atoms with Crippen LogP contribution in [0.5, 0.6) is 0 Å². The maximum Gasteiger partial charge on any atom is 0.238 e. The molecule has 1 aromatic rings. The van der Waals surface area contributed by atoms with Crippen molar-refractivity contribution in [1.29, 1.82) is 0 Å². The van der Waals surface area contributed by atoms with Gasteiger partial charge in [0.05, 0.1) is 23.9 Å². The molecular formula is C17H22ClFN2O3. The number of carbonyl (C=O) groups excluding carboxylic acids is 1. The third-order valence-corrected chi connectivity index (χ3v) is 5.13. The SMILES string of the molecule is O=C(CN1CCC2(CC1)OCCCC2O)Nc1ccc(Cl)cc1F. The van der Waals surface area contributed by atoms with E-state index in [1.54, 1.807) is 0 Å². The molecule has 0 aromatic heterocycles. The first-order chi connectivity index (χ1) is 11.5. The summed E-state index contributed by atoms with van der Waals surface area (Å²) in [4.78, 5) is 14.1. The second-order valence-electron chi connectivity index (χ2n) is 6.52. The molecule has 5 nitrogen and oxygen atoms in total. The maximum absolute atomic E-state index is 13.7. The Labute approximate surface area is 145 Å². The Bertz CT molecular complexity index is 605. The molecule has 1 atom stereocenters. The van der Waals surface area contributed by atoms with E-state index in [0.717, 1.165) is 12.8 Å². The van der Waals surface area contributed by atoms with Gasteiger partial charge in [-0.3, -0.25) is 9.69 Å². The average molecular weight is 357 g/mol. The molecule has 0 radical (unpaired) electrons. The fourth-order valence-electron chi connectivity index (χ4n) is 3.46. The number of carbonyl (C=O) groups is 1. The predicted octanol–water partition coefficient (Wildman–Crippen LogP) is 2.42. The van der Waals surface area contributed by atoms with Gasteiger partial charge >= 0.3 is 0 Å². The van der Waals surface area contributed by atoms with Crippen LogP contribution in [0.25, 0.3) is 0 Å². The molecule has 0 saturated carbocycles. The summed E-state index contributed by atoms with van der Waals surface area (Å²) < 4.78 is 19.6. The zero-order valence-electron chi connectivity index (χ0n) is 13.4. The summed E-state index contributed by atoms with van der Waals surface area (Å²) >= 11 is 5.70. The van der Waals surface area contributed by atoms with E-state index in [4.69, 9.17) is 16.3 Å². The monoisotopic (exact) mass is 356 g/mol. The minimum absolute atomic E-state index is 0.129. The number of nitrogens with zero attached hydrogens (tertiary/aromatic N) is 1. The zero-order valence-corrected chi connectivity index (χ0v) is 14.2. The molecule has 1 amide bonds. The van der Waals surface area contributed by atoms with Gasteiger partial charge in [-0.05, 0) is 43.9 Å². The average Bonchev–Trinajstić information content (AvgIpc) is 2.55. The Morgan fingerprint density at radius 2 is 2.21 bits per heavy atom. The normalized spacial score (nSPS) is 24.0. The first-order valence-corrected chi connectivity index (χ1v) is 8.66. The fraction of sp³-hybridized carbons (Fsp3) is 0.588. The van der Waals surface area contributed by atoms with E-state index in [0.29, 0.717) is 32.5 Å². The van der Waals surface area contributed by atoms with Crippen LogP contribution < -0.4 is 5.32 Å². The van der Waals surface area contributed by atoms with Crippen molar-refractivity contribution in [2.24, 2.45) is 0 Å². The molecular weight excluding hydrogens is 335 g/mol. The van der Waals surface area contributed by atoms with E-state index in [1.807, 2.05) is 4.90 Å². The first-order valence-electron chi connectivity index (χ1n) is 8.28. The number of aliphatic hydroxyl groups is 1. The highest BCUT2D eigenvalue weighted by molar-refractivity contribution is 6.30. The quantitative estimate of drug-likeness (QED) is 0.873. The molecule has 24 heavy (non-hydrogen) atoms. The maximum atomic E-state index is 13.7. The Morgan fingerprint density at radius 3 is 2.88 bits per heavy atom. The summed E-state index contributed by atoms with van der Waals surface area (Å²) in [7, 11) is 0. The summed E-state index contributed by atoms with van der Waals surface area (Å²) in [5.41, 5.74) is -0.322. The predicted molar refractivity (Wildman–Crippen MR) is 89.6 cm³/mol. The summed E-state index contributed by atoms with van der Waals surface area (Å²) in [6.07, 6.45) is 2.65. The van der Waals surface area contributed by atoms with Crippen molar-refractivity contribution in [2.75, 3.05) is 31.6 Å². The number of likely N-dealkylation sites (tertiary alicyclic amines) is 1. The lowest BCUT2D eigenvalue weighted by atomic mass is 9.82. The second kappa shape index (κ2) is 7.35. The topological polar surface area (TPSA) is 61.8 Å². The Hall–Kier alpha value is -1.21. The third kappa shape index (κ3) is 3.88. The lowest BCUT2D eigenvalue weighted by molar-refractivity contribution is -0.177. The summed E-state index contributed by atoms with van der Waals surface area (Å²) in [6, 6.07) is 4.16. The van der Waals surface area contributed by atoms with Crippen molar-refractivity contribution >= 4 is 23.2 Å². The van der Waals surface area contributed by atoms with Crippen LogP contribution >= 0.6 is 11.6 Å². The number of halogens is 2. The second-order valence-corrected chi connectivity index (χ2v) is 6.96. The number of benzene rings is 1. The number of piperidine rings is 1. The van der Waals surface area contributed by atoms with Crippen LogP contribution in [-0.2, 0) is 9.53 Å². The van der Waals surface area contributed by atoms with Crippen molar-refractivity contribution in [2.45, 2.75) is 37.4 Å². The molecule has 2 N–H and O–H groups in total. The standard InChI is InChI=1S/C17H22ClFN2O3/c18-12-3-4-14(13(19)10-12)20-16(23)11-21-7-5-17(6-8-21)15(22)2-1-9-24-17/h3-4,10,15,22H,1-2,5-9,11H2,(H,20,23). The first kappa shape index (κ1) is 17.6. The molecule has 1 spiro atoms. The molecule has 2 saturated heterocycles. The highest BCUT2D eigenvalue weighted by atomic mass is 35.5. The molecule has 2 aliphatic rings. The van der Waals surface area contributed by atoms with Crippen molar-refractivity contribution < 1.29 is 19.0 Å². The van der Waals surface area contributed by atoms with Gasteiger partial charge in [0, 0.05) is 24.7 Å². The number of hydrogen-bond donors (Lipinski definition) is 2. The van der Waals surface area contributed by atoms with Gasteiger partial charge in [-0.1, -0.05) is 11.6 Å². The number of amides is 1. The number of aliphatic hydroxyl groups excluding tert-OH is 1. The molecule has 0 bridgehead atoms. The van der Waals surface area contributed by atoms with Crippen LogP contribution in [-0.4, -0.2) is 53.9 Å². The van der Waals surface area contributed by atoms with E-state index in [1.165, 1.54) is 18.2 Å². The van der Waals surface area contributed by atoms with Gasteiger partial charge in [0.25, 0.3) is 0 Å². The minimum Gasteiger partial charge on any atom is -0.390 e. The number of ether oxygens (including phenoxy) is 1. The number of nitrogens with one attached hydrogen (secondary N) is 1. The summed E-state index contributed by atoms with van der Waals surface area (Å²) in [5, 5.41) is 13.1. The summed E-state index contributed by atoms with van der Waals surface area (Å²) in [6.45, 7) is 2.22. The fourth-order valence-corrected chi connectivity index (χ4v) is 3.62. The van der Waals surface area contributed by atoms with E-state index in [2.05, 4.69) is 5.32 Å². The van der Waals surface area contributed by atoms with E-state index < -0.39 is 17.5 Å². The highest BCUT2D eigenvalue weighted by Crippen LogP contribution is 2.35. The van der Waals surface area contributed by atoms with Crippen LogP contribution in [0.1, 0.15) is 25.7 Å². The van der Waals surface area contributed by atoms with Gasteiger partial charge in [-0.2, -0.15) is 0 Å². The van der Waals surface area contributed by atoms with Crippen LogP contribution in [0.15, 0.2) is 18.2 Å². The van der Waals surface area contributed by atoms with E-state index in [-0.39, 0.29) is 23.2 Å². The molecule has 2 aliphatic heterocycles. The van der Waals surface area contributed by atoms with Gasteiger partial charge in [-0.25, -0.2) is 4.39 Å². The third-order valence-electron chi connectivity index (χ3n) is 4.89.